The fourth-order valence-corrected chi connectivity index (χ4v) is 4.19. The monoisotopic (exact) mass is 476 g/mol. The highest BCUT2D eigenvalue weighted by molar-refractivity contribution is 6.10. The van der Waals surface area contributed by atoms with Crippen molar-refractivity contribution < 1.29 is 4.79 Å². The van der Waals surface area contributed by atoms with Crippen LogP contribution >= 0.6 is 0 Å². The highest BCUT2D eigenvalue weighted by Crippen LogP contribution is 2.24. The molecule has 2 heterocycles. The van der Waals surface area contributed by atoms with E-state index < -0.39 is 6.04 Å². The number of imidazole rings is 1. The van der Waals surface area contributed by atoms with Crippen LogP contribution in [0.3, 0.4) is 0 Å². The number of Topliss-reactive ketones (excluding diaryl/α,β-unsaturated/α-hetero) is 1. The topological polar surface area (TPSA) is 109 Å². The highest BCUT2D eigenvalue weighted by atomic mass is 16.1. The minimum absolute atomic E-state index is 0.0934. The number of pyridine rings is 1. The summed E-state index contributed by atoms with van der Waals surface area (Å²) in [6.07, 6.45) is 5.85. The second kappa shape index (κ2) is 11.3. The third-order valence-electron chi connectivity index (χ3n) is 6.07. The first-order chi connectivity index (χ1) is 17.5. The van der Waals surface area contributed by atoms with Crippen molar-refractivity contribution in [2.45, 2.75) is 19.4 Å². The molecule has 0 radical (unpaired) electrons. The molecule has 3 N–H and O–H groups in total. The zero-order chi connectivity index (χ0) is 25.5. The number of nitrogens with zero attached hydrogens (tertiary/aromatic N) is 4. The molecular weight excluding hydrogens is 448 g/mol. The lowest BCUT2D eigenvalue weighted by molar-refractivity contribution is 0.0940. The minimum atomic E-state index is -0.547. The van der Waals surface area contributed by atoms with E-state index in [-0.39, 0.29) is 5.78 Å². The molecule has 180 valence electrons. The van der Waals surface area contributed by atoms with Crippen molar-refractivity contribution in [1.82, 2.24) is 14.7 Å². The summed E-state index contributed by atoms with van der Waals surface area (Å²) in [5, 5.41) is 12.4. The summed E-state index contributed by atoms with van der Waals surface area (Å²) >= 11 is 0. The maximum absolute atomic E-state index is 13.8. The Labute approximate surface area is 210 Å². The summed E-state index contributed by atoms with van der Waals surface area (Å²) in [7, 11) is 1.69. The van der Waals surface area contributed by atoms with Crippen molar-refractivity contribution in [2.24, 2.45) is 10.7 Å². The van der Waals surface area contributed by atoms with E-state index in [1.807, 2.05) is 72.1 Å². The number of carbonyl (C=O) groups is 1. The number of aromatic nitrogens is 2. The van der Waals surface area contributed by atoms with E-state index in [1.165, 1.54) is 6.20 Å². The predicted molar refractivity (Wildman–Crippen MR) is 143 cm³/mol. The van der Waals surface area contributed by atoms with Gasteiger partial charge in [0.25, 0.3) is 0 Å². The lowest BCUT2D eigenvalue weighted by atomic mass is 9.99. The Morgan fingerprint density at radius 2 is 1.92 bits per heavy atom. The van der Waals surface area contributed by atoms with Gasteiger partial charge in [-0.1, -0.05) is 48.5 Å². The first kappa shape index (κ1) is 24.6. The van der Waals surface area contributed by atoms with E-state index in [1.54, 1.807) is 25.4 Å². The van der Waals surface area contributed by atoms with Crippen LogP contribution in [0.5, 0.6) is 0 Å². The molecule has 4 rings (SSSR count). The smallest absolute Gasteiger partial charge is 0.204 e. The number of nitrogens with two attached hydrogens (primary N) is 1. The number of aliphatic imine (C=N–C) groups is 1. The van der Waals surface area contributed by atoms with Gasteiger partial charge in [0.15, 0.2) is 0 Å². The fourth-order valence-electron chi connectivity index (χ4n) is 4.19. The van der Waals surface area contributed by atoms with Crippen LogP contribution in [-0.4, -0.2) is 35.0 Å². The number of ketones is 1. The van der Waals surface area contributed by atoms with Crippen molar-refractivity contribution >= 4 is 23.1 Å². The molecule has 0 amide bonds. The number of allylic oxidation sites excluding steroid dienone is 1. The Kier molecular flexibility index (Phi) is 7.69. The molecule has 0 aliphatic rings. The normalized spacial score (nSPS) is 12.6. The van der Waals surface area contributed by atoms with Gasteiger partial charge in [-0.25, -0.2) is 4.98 Å². The number of benzene rings is 2. The maximum Gasteiger partial charge on any atom is 0.204 e. The van der Waals surface area contributed by atoms with Crippen molar-refractivity contribution in [3.8, 4) is 6.07 Å². The molecule has 7 nitrogen and oxygen atoms in total. The Bertz CT molecular complexity index is 1460. The van der Waals surface area contributed by atoms with Crippen LogP contribution in [0.4, 0.5) is 0 Å². The molecule has 0 spiro atoms. The molecule has 0 saturated carbocycles. The average Bonchev–Trinajstić information content (AvgIpc) is 3.26. The van der Waals surface area contributed by atoms with Crippen LogP contribution in [0.2, 0.25) is 0 Å². The summed E-state index contributed by atoms with van der Waals surface area (Å²) in [5.41, 5.74) is 11.2. The number of fused-ring (bicyclic) bond motifs is 1. The van der Waals surface area contributed by atoms with E-state index in [0.29, 0.717) is 23.6 Å². The molecule has 0 aliphatic heterocycles. The summed E-state index contributed by atoms with van der Waals surface area (Å²) in [6, 6.07) is 22.6. The van der Waals surface area contributed by atoms with Gasteiger partial charge in [-0.05, 0) is 42.7 Å². The molecule has 36 heavy (non-hydrogen) atoms. The zero-order valence-electron chi connectivity index (χ0n) is 20.3. The zero-order valence-corrected chi connectivity index (χ0v) is 20.3. The molecule has 7 heteroatoms. The highest BCUT2D eigenvalue weighted by Gasteiger charge is 2.26. The lowest BCUT2D eigenvalue weighted by Crippen LogP contribution is -2.30. The largest absolute Gasteiger partial charge is 0.404 e. The quantitative estimate of drug-likeness (QED) is 0.277. The third kappa shape index (κ3) is 5.24. The average molecular weight is 477 g/mol. The van der Waals surface area contributed by atoms with Crippen LogP contribution in [0.25, 0.3) is 11.1 Å². The van der Waals surface area contributed by atoms with Gasteiger partial charge in [0.2, 0.25) is 5.78 Å². The van der Waals surface area contributed by atoms with Crippen LogP contribution < -0.4 is 11.1 Å². The Morgan fingerprint density at radius 1 is 1.17 bits per heavy atom. The van der Waals surface area contributed by atoms with Crippen LogP contribution in [0, 0.1) is 18.3 Å². The SMILES string of the molecule is CN=CC(=CN)c1ccc2c(C(=O)[C@@H](NCCc3ccc(C#N)cc3)c3ccccc3)nc(C)n2c1. The van der Waals surface area contributed by atoms with Crippen molar-refractivity contribution in [3.63, 3.8) is 0 Å². The number of aryl methyl sites for hydroxylation is 1. The second-order valence-electron chi connectivity index (χ2n) is 8.41. The fraction of sp³-hybridized carbons (Fsp3) is 0.172. The molecular formula is C29H28N6O. The number of hydrogen-bond acceptors (Lipinski definition) is 6. The van der Waals surface area contributed by atoms with Crippen molar-refractivity contribution in [2.75, 3.05) is 13.6 Å². The molecule has 2 aromatic heterocycles. The third-order valence-corrected chi connectivity index (χ3v) is 6.07. The predicted octanol–water partition coefficient (Wildman–Crippen LogP) is 4.27. The van der Waals surface area contributed by atoms with Crippen molar-refractivity contribution in [1.29, 1.82) is 5.26 Å². The van der Waals surface area contributed by atoms with Gasteiger partial charge in [-0.15, -0.1) is 0 Å². The van der Waals surface area contributed by atoms with Gasteiger partial charge < -0.3 is 15.5 Å². The van der Waals surface area contributed by atoms with Gasteiger partial charge in [-0.2, -0.15) is 5.26 Å². The lowest BCUT2D eigenvalue weighted by Gasteiger charge is -2.18. The first-order valence-corrected chi connectivity index (χ1v) is 11.7. The molecule has 0 aliphatic carbocycles. The number of nitrogens with one attached hydrogen (secondary N) is 1. The van der Waals surface area contributed by atoms with Crippen LogP contribution in [0.15, 0.2) is 84.1 Å². The standard InChI is InChI=1S/C29H28N6O/c1-20-34-28(26-13-12-24(19-35(20)26)25(17-31)18-32-2)29(36)27(23-6-4-3-5-7-23)33-15-14-21-8-10-22(16-30)11-9-21/h3-13,17-19,27,33H,14-15,31H2,1-2H3/t27-/m0/s1. The van der Waals surface area contributed by atoms with Crippen LogP contribution in [-0.2, 0) is 6.42 Å². The minimum Gasteiger partial charge on any atom is -0.404 e. The van der Waals surface area contributed by atoms with Gasteiger partial charge in [0, 0.05) is 43.3 Å². The number of carbonyl (C=O) groups excluding carboxylic acids is 1. The van der Waals surface area contributed by atoms with E-state index in [4.69, 9.17) is 11.0 Å². The molecule has 1 atom stereocenters. The van der Waals surface area contributed by atoms with Crippen molar-refractivity contribution in [3.05, 3.63) is 113 Å². The summed E-state index contributed by atoms with van der Waals surface area (Å²) in [6.45, 7) is 2.47. The molecule has 0 bridgehead atoms. The number of rotatable bonds is 9. The maximum atomic E-state index is 13.8. The van der Waals surface area contributed by atoms with Gasteiger partial charge in [-0.3, -0.25) is 9.79 Å². The van der Waals surface area contributed by atoms with Crippen LogP contribution in [0.1, 0.15) is 44.6 Å². The molecule has 0 unspecified atom stereocenters. The molecule has 0 fully saturated rings. The van der Waals surface area contributed by atoms with E-state index in [0.717, 1.165) is 34.2 Å². The van der Waals surface area contributed by atoms with E-state index in [9.17, 15) is 4.79 Å². The van der Waals surface area contributed by atoms with Gasteiger partial charge in [0.1, 0.15) is 11.5 Å². The number of hydrogen-bond donors (Lipinski definition) is 2. The second-order valence-corrected chi connectivity index (χ2v) is 8.41. The molecule has 4 aromatic rings. The summed E-state index contributed by atoms with van der Waals surface area (Å²) in [4.78, 5) is 22.6. The van der Waals surface area contributed by atoms with Gasteiger partial charge in [0.05, 0.1) is 23.2 Å². The molecule has 0 saturated heterocycles. The van der Waals surface area contributed by atoms with E-state index in [2.05, 4.69) is 21.4 Å². The molecule has 2 aromatic carbocycles. The summed E-state index contributed by atoms with van der Waals surface area (Å²) in [5.74, 6) is 0.619. The number of nitriles is 1. The summed E-state index contributed by atoms with van der Waals surface area (Å²) < 4.78 is 1.91. The van der Waals surface area contributed by atoms with Gasteiger partial charge >= 0.3 is 0 Å². The van der Waals surface area contributed by atoms with E-state index >= 15 is 0 Å². The Hall–Kier alpha value is -4.54. The Morgan fingerprint density at radius 3 is 2.58 bits per heavy atom. The first-order valence-electron chi connectivity index (χ1n) is 11.7. The Balaban J connectivity index is 1.63.